The Morgan fingerprint density at radius 3 is 2.79 bits per heavy atom. The van der Waals surface area contributed by atoms with Crippen LogP contribution in [0.2, 0.25) is 0 Å². The van der Waals surface area contributed by atoms with Gasteiger partial charge in [0.2, 0.25) is 5.91 Å². The zero-order valence-corrected chi connectivity index (χ0v) is 24.4. The van der Waals surface area contributed by atoms with E-state index in [1.807, 2.05) is 6.07 Å². The van der Waals surface area contributed by atoms with Crippen LogP contribution >= 0.6 is 0 Å². The van der Waals surface area contributed by atoms with Crippen molar-refractivity contribution in [2.24, 2.45) is 7.05 Å². The summed E-state index contributed by atoms with van der Waals surface area (Å²) in [6, 6.07) is 5.41. The van der Waals surface area contributed by atoms with E-state index < -0.39 is 0 Å². The molecule has 224 valence electrons. The van der Waals surface area contributed by atoms with Gasteiger partial charge < -0.3 is 29.8 Å². The molecule has 43 heavy (non-hydrogen) atoms. The fourth-order valence-corrected chi connectivity index (χ4v) is 6.34. The molecule has 0 radical (unpaired) electrons. The first-order valence-corrected chi connectivity index (χ1v) is 14.6. The number of pyridine rings is 2. The molecule has 5 heterocycles. The van der Waals surface area contributed by atoms with Gasteiger partial charge in [-0.1, -0.05) is 0 Å². The van der Waals surface area contributed by atoms with Gasteiger partial charge in [0, 0.05) is 81.1 Å². The summed E-state index contributed by atoms with van der Waals surface area (Å²) in [5.74, 6) is 0.215. The van der Waals surface area contributed by atoms with E-state index >= 15 is 0 Å². The van der Waals surface area contributed by atoms with Crippen LogP contribution in [0.15, 0.2) is 47.2 Å². The van der Waals surface area contributed by atoms with Crippen LogP contribution in [0.5, 0.6) is 0 Å². The highest BCUT2D eigenvalue weighted by Crippen LogP contribution is 2.34. The third kappa shape index (κ3) is 5.34. The molecule has 3 aromatic rings. The molecule has 12 nitrogen and oxygen atoms in total. The van der Waals surface area contributed by atoms with Gasteiger partial charge in [0.1, 0.15) is 23.0 Å². The summed E-state index contributed by atoms with van der Waals surface area (Å²) in [6.07, 6.45) is 9.09. The molecule has 1 fully saturated rings. The van der Waals surface area contributed by atoms with E-state index in [4.69, 9.17) is 5.41 Å². The van der Waals surface area contributed by atoms with Crippen molar-refractivity contribution in [3.05, 3.63) is 75.2 Å². The highest BCUT2D eigenvalue weighted by atomic mass is 16.3. The van der Waals surface area contributed by atoms with Gasteiger partial charge in [-0.3, -0.25) is 24.7 Å². The van der Waals surface area contributed by atoms with Crippen molar-refractivity contribution >= 4 is 29.2 Å². The number of aliphatic hydroxyl groups is 1. The lowest BCUT2D eigenvalue weighted by molar-refractivity contribution is -0.128. The Balaban J connectivity index is 1.30. The second kappa shape index (κ2) is 11.5. The maximum atomic E-state index is 13.7. The Morgan fingerprint density at radius 1 is 1.19 bits per heavy atom. The standard InChI is InChI=1S/C31H36N8O4/c1-19(41)37-10-9-33-22(17-37)15-28(32)35-25-13-21(16-36(2)30(25)42)23-7-8-34-29(24(23)18-40)39-12-11-38-26-6-4-3-5-20(26)14-27(38)31(39)43/h7-8,13-16,33,40H,3-6,9-12,17-18H2,1-2H3,(H2,32,35)/b22-15-. The summed E-state index contributed by atoms with van der Waals surface area (Å²) >= 11 is 0. The van der Waals surface area contributed by atoms with Crippen LogP contribution in [0.1, 0.15) is 47.1 Å². The normalized spacial score (nSPS) is 17.4. The number of amides is 2. The van der Waals surface area contributed by atoms with Crippen molar-refractivity contribution in [2.45, 2.75) is 45.8 Å². The molecule has 1 aliphatic carbocycles. The van der Waals surface area contributed by atoms with E-state index in [9.17, 15) is 19.5 Å². The molecule has 2 aliphatic heterocycles. The molecule has 1 saturated heterocycles. The quantitative estimate of drug-likeness (QED) is 0.265. The molecule has 6 rings (SSSR count). The molecule has 0 atom stereocenters. The minimum Gasteiger partial charge on any atom is -0.392 e. The number of fused-ring (bicyclic) bond motifs is 3. The van der Waals surface area contributed by atoms with Crippen LogP contribution in [0, 0.1) is 5.41 Å². The summed E-state index contributed by atoms with van der Waals surface area (Å²) in [5.41, 5.74) is 5.47. The van der Waals surface area contributed by atoms with Gasteiger partial charge in [0.25, 0.3) is 11.5 Å². The topological polar surface area (TPSA) is 149 Å². The summed E-state index contributed by atoms with van der Waals surface area (Å²) in [7, 11) is 1.62. The predicted molar refractivity (Wildman–Crippen MR) is 163 cm³/mol. The van der Waals surface area contributed by atoms with Crippen LogP contribution in [0.3, 0.4) is 0 Å². The average molecular weight is 585 g/mol. The lowest BCUT2D eigenvalue weighted by Crippen LogP contribution is -2.44. The zero-order valence-electron chi connectivity index (χ0n) is 24.4. The number of nitrogens with zero attached hydrogens (tertiary/aromatic N) is 5. The average Bonchev–Trinajstić information content (AvgIpc) is 3.39. The second-order valence-corrected chi connectivity index (χ2v) is 11.3. The first-order valence-electron chi connectivity index (χ1n) is 14.6. The van der Waals surface area contributed by atoms with Gasteiger partial charge in [0.05, 0.1) is 13.2 Å². The zero-order chi connectivity index (χ0) is 30.2. The van der Waals surface area contributed by atoms with Gasteiger partial charge >= 0.3 is 0 Å². The van der Waals surface area contributed by atoms with Crippen molar-refractivity contribution in [2.75, 3.05) is 36.4 Å². The van der Waals surface area contributed by atoms with Gasteiger partial charge in [-0.2, -0.15) is 0 Å². The van der Waals surface area contributed by atoms with Crippen molar-refractivity contribution in [3.63, 3.8) is 0 Å². The van der Waals surface area contributed by atoms with Crippen LogP contribution < -0.4 is 21.1 Å². The van der Waals surface area contributed by atoms with E-state index in [2.05, 4.69) is 20.2 Å². The SMILES string of the molecule is CC(=O)N1CCN/C(=C\C(=N)Nc2cc(-c3ccnc(N4CCn5c(cc6c5CCCC6)C4=O)c3CO)cn(C)c2=O)C1. The number of anilines is 2. The molecule has 0 unspecified atom stereocenters. The van der Waals surface area contributed by atoms with Crippen LogP contribution in [-0.4, -0.2) is 68.0 Å². The number of piperazine rings is 1. The second-order valence-electron chi connectivity index (χ2n) is 11.3. The number of hydrogen-bond acceptors (Lipinski definition) is 7. The molecule has 12 heteroatoms. The maximum absolute atomic E-state index is 13.7. The molecule has 0 spiro atoms. The largest absolute Gasteiger partial charge is 0.392 e. The first kappa shape index (κ1) is 28.4. The predicted octanol–water partition coefficient (Wildman–Crippen LogP) is 2.01. The number of aromatic nitrogens is 3. The lowest BCUT2D eigenvalue weighted by atomic mass is 9.98. The lowest BCUT2D eigenvalue weighted by Gasteiger charge is -2.30. The van der Waals surface area contributed by atoms with Gasteiger partial charge in [-0.25, -0.2) is 4.98 Å². The Bertz CT molecular complexity index is 1720. The summed E-state index contributed by atoms with van der Waals surface area (Å²) in [6.45, 7) is 3.80. The molecule has 4 N–H and O–H groups in total. The number of carbonyl (C=O) groups excluding carboxylic acids is 2. The smallest absolute Gasteiger partial charge is 0.276 e. The Hall–Kier alpha value is -4.71. The van der Waals surface area contributed by atoms with E-state index in [1.165, 1.54) is 22.7 Å². The number of nitrogens with one attached hydrogen (secondary N) is 3. The minimum absolute atomic E-state index is 0.00966. The highest BCUT2D eigenvalue weighted by Gasteiger charge is 2.32. The molecule has 0 bridgehead atoms. The number of carbonyl (C=O) groups is 2. The number of hydrogen-bond donors (Lipinski definition) is 4. The molecule has 0 saturated carbocycles. The maximum Gasteiger partial charge on any atom is 0.276 e. The third-order valence-corrected chi connectivity index (χ3v) is 8.49. The Labute approximate surface area is 249 Å². The van der Waals surface area contributed by atoms with Gasteiger partial charge in [0.15, 0.2) is 0 Å². The van der Waals surface area contributed by atoms with Crippen LogP contribution in [-0.2, 0) is 37.8 Å². The summed E-state index contributed by atoms with van der Waals surface area (Å²) in [5, 5.41) is 25.1. The number of aryl methyl sites for hydroxylation is 2. The van der Waals surface area contributed by atoms with Crippen LogP contribution in [0.4, 0.5) is 11.5 Å². The van der Waals surface area contributed by atoms with E-state index in [1.54, 1.807) is 47.4 Å². The van der Waals surface area contributed by atoms with Crippen molar-refractivity contribution in [1.29, 1.82) is 5.41 Å². The van der Waals surface area contributed by atoms with E-state index in [0.29, 0.717) is 66.6 Å². The molecule has 0 aromatic carbocycles. The molecule has 3 aromatic heterocycles. The Morgan fingerprint density at radius 2 is 2.00 bits per heavy atom. The number of aliphatic hydroxyl groups excluding tert-OH is 1. The fraction of sp³-hybridized carbons (Fsp3) is 0.387. The first-order chi connectivity index (χ1) is 20.7. The summed E-state index contributed by atoms with van der Waals surface area (Å²) in [4.78, 5) is 46.4. The third-order valence-electron chi connectivity index (χ3n) is 8.49. The molecular formula is C31H36N8O4. The molecule has 2 amide bonds. The number of amidine groups is 1. The van der Waals surface area contributed by atoms with E-state index in [0.717, 1.165) is 25.7 Å². The number of rotatable bonds is 5. The highest BCUT2D eigenvalue weighted by molar-refractivity contribution is 6.06. The molecule has 3 aliphatic rings. The summed E-state index contributed by atoms with van der Waals surface area (Å²) < 4.78 is 3.56. The van der Waals surface area contributed by atoms with Crippen molar-refractivity contribution < 1.29 is 14.7 Å². The minimum atomic E-state index is -0.356. The van der Waals surface area contributed by atoms with Crippen LogP contribution in [0.25, 0.3) is 11.1 Å². The monoisotopic (exact) mass is 584 g/mol. The fourth-order valence-electron chi connectivity index (χ4n) is 6.34. The van der Waals surface area contributed by atoms with Crippen molar-refractivity contribution in [1.82, 2.24) is 24.3 Å². The molecular weight excluding hydrogens is 548 g/mol. The Kier molecular flexibility index (Phi) is 7.61. The van der Waals surface area contributed by atoms with Gasteiger partial charge in [-0.05, 0) is 55.0 Å². The van der Waals surface area contributed by atoms with E-state index in [-0.39, 0.29) is 35.5 Å². The van der Waals surface area contributed by atoms with Gasteiger partial charge in [-0.15, -0.1) is 0 Å². The van der Waals surface area contributed by atoms with Crippen molar-refractivity contribution in [3.8, 4) is 11.1 Å².